The molecular weight excluding hydrogens is 362 g/mol. The minimum Gasteiger partial charge on any atom is -0.454 e. The van der Waals surface area contributed by atoms with E-state index < -0.39 is 12.1 Å². The molecule has 28 heavy (non-hydrogen) atoms. The number of rotatable bonds is 7. The van der Waals surface area contributed by atoms with Gasteiger partial charge in [0.1, 0.15) is 12.1 Å². The summed E-state index contributed by atoms with van der Waals surface area (Å²) in [5, 5.41) is 9.03. The van der Waals surface area contributed by atoms with Gasteiger partial charge < -0.3 is 24.0 Å². The number of piperazine rings is 1. The predicted octanol–water partition coefficient (Wildman–Crippen LogP) is 1.85. The molecule has 2 heterocycles. The Labute approximate surface area is 164 Å². The van der Waals surface area contributed by atoms with Crippen LogP contribution in [0.1, 0.15) is 37.8 Å². The van der Waals surface area contributed by atoms with Crippen LogP contribution in [-0.2, 0) is 14.3 Å². The lowest BCUT2D eigenvalue weighted by molar-refractivity contribution is -0.163. The molecule has 1 aromatic carbocycles. The lowest BCUT2D eigenvalue weighted by atomic mass is 9.94. The number of methoxy groups -OCH3 is 1. The van der Waals surface area contributed by atoms with Crippen LogP contribution in [0.15, 0.2) is 18.2 Å². The number of amides is 2. The number of hydrogen-bond donors (Lipinski definition) is 0. The molecule has 1 unspecified atom stereocenters. The molecule has 0 aromatic heterocycles. The number of nitrogens with zero attached hydrogens (tertiary/aromatic N) is 3. The number of carbonyl (C=O) groups is 2. The smallest absolute Gasteiger partial charge is 0.246 e. The summed E-state index contributed by atoms with van der Waals surface area (Å²) in [5.41, 5.74) is 0.848. The molecule has 150 valence electrons. The first-order valence-electron chi connectivity index (χ1n) is 9.33. The van der Waals surface area contributed by atoms with E-state index >= 15 is 0 Å². The Morgan fingerprint density at radius 1 is 1.29 bits per heavy atom. The summed E-state index contributed by atoms with van der Waals surface area (Å²) in [6, 6.07) is 6.02. The van der Waals surface area contributed by atoms with Crippen molar-refractivity contribution in [3.8, 4) is 17.6 Å². The lowest BCUT2D eigenvalue weighted by Crippen LogP contribution is -2.63. The van der Waals surface area contributed by atoms with E-state index in [0.29, 0.717) is 30.9 Å². The molecule has 0 aliphatic carbocycles. The van der Waals surface area contributed by atoms with Crippen molar-refractivity contribution in [3.63, 3.8) is 0 Å². The summed E-state index contributed by atoms with van der Waals surface area (Å²) >= 11 is 0. The van der Waals surface area contributed by atoms with E-state index in [-0.39, 0.29) is 31.1 Å². The zero-order chi connectivity index (χ0) is 20.3. The number of hydrogen-bond acceptors (Lipinski definition) is 6. The fourth-order valence-electron chi connectivity index (χ4n) is 3.73. The largest absolute Gasteiger partial charge is 0.454 e. The van der Waals surface area contributed by atoms with Crippen LogP contribution in [0.2, 0.25) is 0 Å². The van der Waals surface area contributed by atoms with Gasteiger partial charge in [-0.1, -0.05) is 6.07 Å². The maximum absolute atomic E-state index is 13.2. The van der Waals surface area contributed by atoms with Crippen LogP contribution in [-0.4, -0.2) is 61.3 Å². The highest BCUT2D eigenvalue weighted by Gasteiger charge is 2.45. The zero-order valence-corrected chi connectivity index (χ0v) is 16.4. The minimum atomic E-state index is -0.680. The Hall–Kier alpha value is -2.79. The molecule has 2 aliphatic heterocycles. The third kappa shape index (κ3) is 3.62. The molecule has 1 aromatic rings. The second kappa shape index (κ2) is 8.48. The molecule has 8 heteroatoms. The molecule has 0 bridgehead atoms. The number of fused-ring (bicyclic) bond motifs is 1. The monoisotopic (exact) mass is 387 g/mol. The maximum atomic E-state index is 13.2. The van der Waals surface area contributed by atoms with E-state index in [0.717, 1.165) is 5.56 Å². The van der Waals surface area contributed by atoms with Crippen LogP contribution in [0.5, 0.6) is 11.5 Å². The van der Waals surface area contributed by atoms with Crippen LogP contribution in [0.25, 0.3) is 0 Å². The number of benzene rings is 1. The summed E-state index contributed by atoms with van der Waals surface area (Å²) in [4.78, 5) is 29.3. The molecule has 2 amide bonds. The standard InChI is InChI=1S/C20H25N3O5/c1-13-19(24)23(16(5-4-9-21)20(25)22(13)2)15(8-10-26-3)14-6-7-17-18(11-14)28-12-27-17/h6-7,11,13,15-16H,4-5,8,10,12H2,1-3H3/t13-,15?,16+/m1/s1. The van der Waals surface area contributed by atoms with Gasteiger partial charge in [-0.15, -0.1) is 0 Å². The van der Waals surface area contributed by atoms with E-state index in [1.54, 1.807) is 26.0 Å². The molecule has 2 aliphatic rings. The summed E-state index contributed by atoms with van der Waals surface area (Å²) in [5.74, 6) is 0.994. The van der Waals surface area contributed by atoms with Gasteiger partial charge in [0.2, 0.25) is 18.6 Å². The van der Waals surface area contributed by atoms with Crippen molar-refractivity contribution in [1.29, 1.82) is 5.26 Å². The molecule has 0 spiro atoms. The van der Waals surface area contributed by atoms with Crippen molar-refractivity contribution in [2.24, 2.45) is 0 Å². The SMILES string of the molecule is COCCC(c1ccc2c(c1)OCO2)N1C(=O)[C@@H](C)N(C)C(=O)[C@@H]1CCC#N. The number of nitriles is 1. The van der Waals surface area contributed by atoms with Crippen molar-refractivity contribution in [2.45, 2.75) is 44.3 Å². The molecular formula is C20H25N3O5. The summed E-state index contributed by atoms with van der Waals surface area (Å²) < 4.78 is 16.1. The van der Waals surface area contributed by atoms with Crippen molar-refractivity contribution in [2.75, 3.05) is 27.6 Å². The van der Waals surface area contributed by atoms with Gasteiger partial charge in [-0.25, -0.2) is 0 Å². The van der Waals surface area contributed by atoms with E-state index in [4.69, 9.17) is 19.5 Å². The van der Waals surface area contributed by atoms with Gasteiger partial charge in [0.05, 0.1) is 12.1 Å². The second-order valence-electron chi connectivity index (χ2n) is 6.99. The molecule has 0 N–H and O–H groups in total. The van der Waals surface area contributed by atoms with Gasteiger partial charge >= 0.3 is 0 Å². The van der Waals surface area contributed by atoms with E-state index in [1.165, 1.54) is 4.90 Å². The highest BCUT2D eigenvalue weighted by Crippen LogP contribution is 2.38. The average molecular weight is 387 g/mol. The Balaban J connectivity index is 2.01. The Bertz CT molecular complexity index is 791. The third-order valence-electron chi connectivity index (χ3n) is 5.40. The Morgan fingerprint density at radius 3 is 2.75 bits per heavy atom. The molecule has 1 fully saturated rings. The number of ether oxygens (including phenoxy) is 3. The first-order valence-corrected chi connectivity index (χ1v) is 9.33. The fourth-order valence-corrected chi connectivity index (χ4v) is 3.73. The maximum Gasteiger partial charge on any atom is 0.246 e. The summed E-state index contributed by atoms with van der Waals surface area (Å²) in [6.45, 7) is 2.31. The van der Waals surface area contributed by atoms with Crippen LogP contribution < -0.4 is 9.47 Å². The Kier molecular flexibility index (Phi) is 6.05. The topological polar surface area (TPSA) is 92.1 Å². The van der Waals surface area contributed by atoms with Gasteiger partial charge in [-0.3, -0.25) is 9.59 Å². The first kappa shape index (κ1) is 20.0. The normalized spacial score (nSPS) is 22.4. The minimum absolute atomic E-state index is 0.135. The average Bonchev–Trinajstić information content (AvgIpc) is 3.17. The quantitative estimate of drug-likeness (QED) is 0.709. The lowest BCUT2D eigenvalue weighted by Gasteiger charge is -2.46. The predicted molar refractivity (Wildman–Crippen MR) is 99.5 cm³/mol. The van der Waals surface area contributed by atoms with Gasteiger partial charge in [0, 0.05) is 27.2 Å². The molecule has 3 atom stereocenters. The van der Waals surface area contributed by atoms with Gasteiger partial charge in [-0.2, -0.15) is 5.26 Å². The van der Waals surface area contributed by atoms with E-state index in [1.807, 2.05) is 18.2 Å². The van der Waals surface area contributed by atoms with Crippen molar-refractivity contribution in [1.82, 2.24) is 9.80 Å². The first-order chi connectivity index (χ1) is 13.5. The van der Waals surface area contributed by atoms with Crippen molar-refractivity contribution in [3.05, 3.63) is 23.8 Å². The summed E-state index contributed by atoms with van der Waals surface area (Å²) in [6.07, 6.45) is 1.02. The third-order valence-corrected chi connectivity index (χ3v) is 5.40. The van der Waals surface area contributed by atoms with Gasteiger partial charge in [0.25, 0.3) is 0 Å². The van der Waals surface area contributed by atoms with Crippen LogP contribution in [0.3, 0.4) is 0 Å². The molecule has 1 saturated heterocycles. The Morgan fingerprint density at radius 2 is 2.04 bits per heavy atom. The number of likely N-dealkylation sites (N-methyl/N-ethyl adjacent to an activating group) is 1. The van der Waals surface area contributed by atoms with Crippen molar-refractivity contribution >= 4 is 11.8 Å². The van der Waals surface area contributed by atoms with E-state index in [9.17, 15) is 9.59 Å². The molecule has 0 radical (unpaired) electrons. The highest BCUT2D eigenvalue weighted by atomic mass is 16.7. The van der Waals surface area contributed by atoms with Crippen molar-refractivity contribution < 1.29 is 23.8 Å². The molecule has 0 saturated carbocycles. The molecule has 3 rings (SSSR count). The summed E-state index contributed by atoms with van der Waals surface area (Å²) in [7, 11) is 3.23. The molecule has 8 nitrogen and oxygen atoms in total. The zero-order valence-electron chi connectivity index (χ0n) is 16.4. The van der Waals surface area contributed by atoms with Gasteiger partial charge in [-0.05, 0) is 37.5 Å². The van der Waals surface area contributed by atoms with Crippen LogP contribution >= 0.6 is 0 Å². The second-order valence-corrected chi connectivity index (χ2v) is 6.99. The van der Waals surface area contributed by atoms with Crippen LogP contribution in [0, 0.1) is 11.3 Å². The fraction of sp³-hybridized carbons (Fsp3) is 0.550. The highest BCUT2D eigenvalue weighted by molar-refractivity contribution is 5.97. The van der Waals surface area contributed by atoms with Gasteiger partial charge in [0.15, 0.2) is 11.5 Å². The van der Waals surface area contributed by atoms with Crippen LogP contribution in [0.4, 0.5) is 0 Å². The van der Waals surface area contributed by atoms with E-state index in [2.05, 4.69) is 6.07 Å². The number of carbonyl (C=O) groups excluding carboxylic acids is 2.